The molecule has 0 atom stereocenters. The van der Waals surface area contributed by atoms with E-state index in [2.05, 4.69) is 10.6 Å². The van der Waals surface area contributed by atoms with E-state index < -0.39 is 50.3 Å². The fourth-order valence-corrected chi connectivity index (χ4v) is 6.15. The van der Waals surface area contributed by atoms with Gasteiger partial charge in [-0.3, -0.25) is 9.59 Å². The molecule has 6 N–H and O–H groups in total. The minimum atomic E-state index is -0.806. The van der Waals surface area contributed by atoms with Crippen molar-refractivity contribution in [2.45, 2.75) is 19.0 Å². The first-order valence-corrected chi connectivity index (χ1v) is 10.7. The summed E-state index contributed by atoms with van der Waals surface area (Å²) >= 11 is 5.93. The Morgan fingerprint density at radius 2 is 1.08 bits per heavy atom. The van der Waals surface area contributed by atoms with Crippen LogP contribution < -0.4 is 10.6 Å². The Hall–Kier alpha value is 0.190. The predicted octanol–water partition coefficient (Wildman–Crippen LogP) is -0.0252. The van der Waals surface area contributed by atoms with Crippen molar-refractivity contribution in [1.29, 1.82) is 0 Å². The number of carbonyl (C=O) groups is 2. The number of nitrogens with one attached hydrogen (secondary N) is 2. The van der Waals surface area contributed by atoms with E-state index in [9.17, 15) is 9.59 Å². The Balaban J connectivity index is 3.40. The summed E-state index contributed by atoms with van der Waals surface area (Å²) in [6.45, 7) is 0.113. The summed E-state index contributed by atoms with van der Waals surface area (Å²) in [4.78, 5) is 25.3. The minimum Gasteiger partial charge on any atom is -0.394 e. The van der Waals surface area contributed by atoms with E-state index in [0.717, 1.165) is 5.56 Å². The van der Waals surface area contributed by atoms with Crippen molar-refractivity contribution in [2.75, 3.05) is 26.4 Å². The van der Waals surface area contributed by atoms with Crippen LogP contribution in [0.5, 0.6) is 0 Å². The molecule has 0 aromatic heterocycles. The van der Waals surface area contributed by atoms with Crippen LogP contribution in [0.15, 0.2) is 0 Å². The Labute approximate surface area is 191 Å². The molecule has 0 aliphatic heterocycles. The SMILES string of the molecule is Cc1c(I)c(C(=O)NC(CO)CO)c(I)c(C(=O)NC(CO)CO)c1I. The summed E-state index contributed by atoms with van der Waals surface area (Å²) in [6, 6.07) is -1.61. The van der Waals surface area contributed by atoms with Crippen LogP contribution in [0, 0.1) is 17.6 Å². The zero-order valence-corrected chi connectivity index (χ0v) is 20.2. The number of amides is 2. The average Bonchev–Trinajstić information content (AvgIpc) is 2.62. The second-order valence-electron chi connectivity index (χ2n) is 5.39. The molecule has 1 aromatic carbocycles. The number of hydrogen-bond acceptors (Lipinski definition) is 6. The summed E-state index contributed by atoms with van der Waals surface area (Å²) in [5, 5.41) is 41.7. The summed E-state index contributed by atoms with van der Waals surface area (Å²) in [7, 11) is 0. The third-order valence-corrected chi connectivity index (χ3v) is 7.32. The first-order valence-electron chi connectivity index (χ1n) is 7.45. The van der Waals surface area contributed by atoms with Crippen LogP contribution in [-0.2, 0) is 0 Å². The minimum absolute atomic E-state index is 0.269. The average molecular weight is 704 g/mol. The molecule has 1 rings (SSSR count). The van der Waals surface area contributed by atoms with Crippen LogP contribution >= 0.6 is 67.8 Å². The molecule has 0 heterocycles. The molecule has 0 unspecified atom stereocenters. The number of aliphatic hydroxyl groups is 4. The fraction of sp³-hybridized carbons (Fsp3) is 0.467. The highest BCUT2D eigenvalue weighted by molar-refractivity contribution is 14.1. The van der Waals surface area contributed by atoms with Crippen molar-refractivity contribution in [3.8, 4) is 0 Å². The Morgan fingerprint density at radius 1 is 0.769 bits per heavy atom. The molecule has 146 valence electrons. The van der Waals surface area contributed by atoms with Crippen molar-refractivity contribution in [3.05, 3.63) is 27.4 Å². The van der Waals surface area contributed by atoms with Crippen molar-refractivity contribution in [3.63, 3.8) is 0 Å². The van der Waals surface area contributed by atoms with Crippen LogP contribution in [0.4, 0.5) is 0 Å². The summed E-state index contributed by atoms with van der Waals surface area (Å²) < 4.78 is 1.71. The maximum Gasteiger partial charge on any atom is 0.253 e. The third kappa shape index (κ3) is 5.60. The lowest BCUT2D eigenvalue weighted by Gasteiger charge is -2.20. The maximum absolute atomic E-state index is 12.6. The molecule has 0 spiro atoms. The number of benzene rings is 1. The van der Waals surface area contributed by atoms with E-state index in [1.54, 1.807) is 6.92 Å². The number of hydrogen-bond donors (Lipinski definition) is 6. The molecule has 11 heteroatoms. The van der Waals surface area contributed by atoms with Gasteiger partial charge in [-0.05, 0) is 80.3 Å². The molecule has 0 radical (unpaired) electrons. The number of carbonyl (C=O) groups excluding carboxylic acids is 2. The van der Waals surface area contributed by atoms with Crippen LogP contribution in [0.3, 0.4) is 0 Å². The zero-order valence-electron chi connectivity index (χ0n) is 13.7. The lowest BCUT2D eigenvalue weighted by Crippen LogP contribution is -2.42. The standard InChI is InChI=1S/C15H19I3N2O6/c1-6-11(16)9(14(25)19-7(2-21)3-22)13(18)10(12(6)17)15(26)20-8(4-23)5-24/h7-8,21-24H,2-5H2,1H3,(H,19,25)(H,20,26). The molecular formula is C15H19I3N2O6. The van der Waals surface area contributed by atoms with Crippen molar-refractivity contribution >= 4 is 79.6 Å². The van der Waals surface area contributed by atoms with E-state index in [1.165, 1.54) is 0 Å². The zero-order chi connectivity index (χ0) is 20.0. The molecule has 0 aliphatic carbocycles. The first-order chi connectivity index (χ1) is 12.2. The van der Waals surface area contributed by atoms with Crippen LogP contribution in [0.25, 0.3) is 0 Å². The Kier molecular flexibility index (Phi) is 10.5. The molecule has 0 aliphatic rings. The maximum atomic E-state index is 12.6. The van der Waals surface area contributed by atoms with Gasteiger partial charge in [0, 0.05) is 10.7 Å². The quantitative estimate of drug-likeness (QED) is 0.211. The van der Waals surface area contributed by atoms with Gasteiger partial charge >= 0.3 is 0 Å². The highest BCUT2D eigenvalue weighted by Crippen LogP contribution is 2.31. The second kappa shape index (κ2) is 11.3. The monoisotopic (exact) mass is 704 g/mol. The predicted molar refractivity (Wildman–Crippen MR) is 120 cm³/mol. The van der Waals surface area contributed by atoms with E-state index in [0.29, 0.717) is 10.7 Å². The van der Waals surface area contributed by atoms with Gasteiger partial charge in [-0.1, -0.05) is 0 Å². The van der Waals surface area contributed by atoms with Gasteiger partial charge in [0.2, 0.25) is 0 Å². The lowest BCUT2D eigenvalue weighted by atomic mass is 10.0. The molecule has 0 fully saturated rings. The van der Waals surface area contributed by atoms with Crippen LogP contribution in [0.2, 0.25) is 0 Å². The van der Waals surface area contributed by atoms with Gasteiger partial charge < -0.3 is 31.1 Å². The molecule has 1 aromatic rings. The smallest absolute Gasteiger partial charge is 0.253 e. The number of rotatable bonds is 8. The van der Waals surface area contributed by atoms with Crippen molar-refractivity contribution in [2.24, 2.45) is 0 Å². The number of aliphatic hydroxyl groups excluding tert-OH is 4. The van der Waals surface area contributed by atoms with E-state index in [4.69, 9.17) is 20.4 Å². The normalized spacial score (nSPS) is 11.2. The highest BCUT2D eigenvalue weighted by Gasteiger charge is 2.27. The molecule has 8 nitrogen and oxygen atoms in total. The van der Waals surface area contributed by atoms with Gasteiger partial charge in [0.15, 0.2) is 0 Å². The van der Waals surface area contributed by atoms with Gasteiger partial charge in [-0.2, -0.15) is 0 Å². The number of halogens is 3. The Morgan fingerprint density at radius 3 is 1.35 bits per heavy atom. The summed E-state index contributed by atoms with van der Waals surface area (Å²) in [6.07, 6.45) is 0. The molecule has 0 bridgehead atoms. The van der Waals surface area contributed by atoms with Gasteiger partial charge in [-0.15, -0.1) is 0 Å². The van der Waals surface area contributed by atoms with Gasteiger partial charge in [-0.25, -0.2) is 0 Å². The highest BCUT2D eigenvalue weighted by atomic mass is 127. The second-order valence-corrected chi connectivity index (χ2v) is 8.62. The topological polar surface area (TPSA) is 139 Å². The molecular weight excluding hydrogens is 685 g/mol. The van der Waals surface area contributed by atoms with Gasteiger partial charge in [0.25, 0.3) is 11.8 Å². The molecule has 0 saturated heterocycles. The van der Waals surface area contributed by atoms with Crippen LogP contribution in [-0.4, -0.2) is 70.8 Å². The van der Waals surface area contributed by atoms with Crippen LogP contribution in [0.1, 0.15) is 26.3 Å². The first kappa shape index (κ1) is 24.2. The summed E-state index contributed by atoms with van der Waals surface area (Å²) in [5.74, 6) is -1.03. The lowest BCUT2D eigenvalue weighted by molar-refractivity contribution is 0.0874. The molecule has 26 heavy (non-hydrogen) atoms. The molecule has 2 amide bonds. The van der Waals surface area contributed by atoms with E-state index >= 15 is 0 Å². The van der Waals surface area contributed by atoms with E-state index in [-0.39, 0.29) is 11.1 Å². The largest absolute Gasteiger partial charge is 0.394 e. The van der Waals surface area contributed by atoms with Crippen molar-refractivity contribution < 1.29 is 30.0 Å². The van der Waals surface area contributed by atoms with E-state index in [1.807, 2.05) is 67.8 Å². The van der Waals surface area contributed by atoms with Gasteiger partial charge in [0.1, 0.15) is 0 Å². The fourth-order valence-electron chi connectivity index (χ4n) is 2.00. The van der Waals surface area contributed by atoms with Gasteiger partial charge in [0.05, 0.1) is 49.6 Å². The molecule has 0 saturated carbocycles. The summed E-state index contributed by atoms with van der Waals surface area (Å²) in [5.41, 5.74) is 1.27. The van der Waals surface area contributed by atoms with Crippen molar-refractivity contribution in [1.82, 2.24) is 10.6 Å². The third-order valence-electron chi connectivity index (χ3n) is 3.54. The Bertz CT molecular complexity index is 625.